The normalized spacial score (nSPS) is 19.8. The minimum absolute atomic E-state index is 0.450. The molecule has 0 radical (unpaired) electrons. The van der Waals surface area contributed by atoms with E-state index in [-0.39, 0.29) is 0 Å². The summed E-state index contributed by atoms with van der Waals surface area (Å²) in [6, 6.07) is 3.84. The van der Waals surface area contributed by atoms with E-state index in [1.807, 2.05) is 12.1 Å². The molecule has 1 aliphatic rings. The van der Waals surface area contributed by atoms with Crippen LogP contribution < -0.4 is 4.90 Å². The van der Waals surface area contributed by atoms with Crippen molar-refractivity contribution in [3.05, 3.63) is 42.7 Å². The standard InChI is InChI=1S/C13H15N5/c1-3-11(12-4-7-14-10-17-12)9-18(8-1)13-15-5-2-6-16-13/h2,4-7,10-11H,1,3,8-9H2. The SMILES string of the molecule is c1cnc(N2CCCC(c3ccncn3)C2)nc1. The van der Waals surface area contributed by atoms with Gasteiger partial charge in [-0.1, -0.05) is 0 Å². The summed E-state index contributed by atoms with van der Waals surface area (Å²) >= 11 is 0. The molecule has 0 aromatic carbocycles. The minimum atomic E-state index is 0.450. The molecule has 92 valence electrons. The van der Waals surface area contributed by atoms with E-state index >= 15 is 0 Å². The highest BCUT2D eigenvalue weighted by Gasteiger charge is 2.23. The largest absolute Gasteiger partial charge is 0.340 e. The lowest BCUT2D eigenvalue weighted by Gasteiger charge is -2.32. The molecule has 3 heterocycles. The number of hydrogen-bond acceptors (Lipinski definition) is 5. The van der Waals surface area contributed by atoms with E-state index in [0.717, 1.165) is 31.2 Å². The van der Waals surface area contributed by atoms with Crippen molar-refractivity contribution in [3.63, 3.8) is 0 Å². The molecule has 1 unspecified atom stereocenters. The number of aromatic nitrogens is 4. The van der Waals surface area contributed by atoms with E-state index < -0.39 is 0 Å². The first-order valence-electron chi connectivity index (χ1n) is 6.21. The van der Waals surface area contributed by atoms with Crippen molar-refractivity contribution < 1.29 is 0 Å². The molecular weight excluding hydrogens is 226 g/mol. The summed E-state index contributed by atoms with van der Waals surface area (Å²) in [4.78, 5) is 19.2. The van der Waals surface area contributed by atoms with E-state index in [1.165, 1.54) is 6.42 Å². The number of piperidine rings is 1. The second kappa shape index (κ2) is 5.08. The molecule has 3 rings (SSSR count). The molecule has 18 heavy (non-hydrogen) atoms. The van der Waals surface area contributed by atoms with Crippen molar-refractivity contribution >= 4 is 5.95 Å². The first-order chi connectivity index (χ1) is 8.93. The third-order valence-corrected chi connectivity index (χ3v) is 3.28. The summed E-state index contributed by atoms with van der Waals surface area (Å²) < 4.78 is 0. The molecule has 0 bridgehead atoms. The fourth-order valence-corrected chi connectivity index (χ4v) is 2.40. The van der Waals surface area contributed by atoms with E-state index in [0.29, 0.717) is 5.92 Å². The van der Waals surface area contributed by atoms with Gasteiger partial charge in [-0.3, -0.25) is 0 Å². The van der Waals surface area contributed by atoms with Crippen LogP contribution in [0.2, 0.25) is 0 Å². The van der Waals surface area contributed by atoms with Crippen LogP contribution in [0.25, 0.3) is 0 Å². The number of anilines is 1. The maximum atomic E-state index is 4.35. The molecule has 5 nitrogen and oxygen atoms in total. The fraction of sp³-hybridized carbons (Fsp3) is 0.385. The fourth-order valence-electron chi connectivity index (χ4n) is 2.40. The Morgan fingerprint density at radius 1 is 1.11 bits per heavy atom. The van der Waals surface area contributed by atoms with Gasteiger partial charge in [0.25, 0.3) is 0 Å². The molecular formula is C13H15N5. The second-order valence-electron chi connectivity index (χ2n) is 4.47. The number of rotatable bonds is 2. The van der Waals surface area contributed by atoms with Crippen LogP contribution in [0, 0.1) is 0 Å². The topological polar surface area (TPSA) is 54.8 Å². The Kier molecular flexibility index (Phi) is 3.12. The summed E-state index contributed by atoms with van der Waals surface area (Å²) in [6.07, 6.45) is 9.31. The van der Waals surface area contributed by atoms with Crippen molar-refractivity contribution in [2.45, 2.75) is 18.8 Å². The van der Waals surface area contributed by atoms with Crippen molar-refractivity contribution in [2.75, 3.05) is 18.0 Å². The van der Waals surface area contributed by atoms with E-state index in [1.54, 1.807) is 24.9 Å². The molecule has 1 saturated heterocycles. The Morgan fingerprint density at radius 3 is 2.78 bits per heavy atom. The quantitative estimate of drug-likeness (QED) is 0.800. The highest BCUT2D eigenvalue weighted by atomic mass is 15.2. The average molecular weight is 241 g/mol. The molecule has 1 atom stereocenters. The van der Waals surface area contributed by atoms with Crippen LogP contribution in [-0.4, -0.2) is 33.0 Å². The van der Waals surface area contributed by atoms with E-state index in [4.69, 9.17) is 0 Å². The summed E-state index contributed by atoms with van der Waals surface area (Å²) in [5, 5.41) is 0. The zero-order chi connectivity index (χ0) is 12.2. The number of hydrogen-bond donors (Lipinski definition) is 0. The Balaban J connectivity index is 1.77. The maximum absolute atomic E-state index is 4.35. The first-order valence-corrected chi connectivity index (χ1v) is 6.21. The Hall–Kier alpha value is -2.04. The Bertz CT molecular complexity index is 442. The van der Waals surface area contributed by atoms with Crippen LogP contribution in [0.4, 0.5) is 5.95 Å². The Labute approximate surface area is 106 Å². The van der Waals surface area contributed by atoms with Crippen molar-refractivity contribution in [3.8, 4) is 0 Å². The molecule has 1 aliphatic heterocycles. The molecule has 5 heteroatoms. The monoisotopic (exact) mass is 241 g/mol. The van der Waals surface area contributed by atoms with Gasteiger partial charge >= 0.3 is 0 Å². The predicted octanol–water partition coefficient (Wildman–Crippen LogP) is 1.65. The third kappa shape index (κ3) is 2.30. The zero-order valence-electron chi connectivity index (χ0n) is 10.1. The number of nitrogens with zero attached hydrogens (tertiary/aromatic N) is 5. The zero-order valence-corrected chi connectivity index (χ0v) is 10.1. The van der Waals surface area contributed by atoms with Gasteiger partial charge in [-0.15, -0.1) is 0 Å². The van der Waals surface area contributed by atoms with Crippen LogP contribution in [0.1, 0.15) is 24.5 Å². The van der Waals surface area contributed by atoms with E-state index in [9.17, 15) is 0 Å². The maximum Gasteiger partial charge on any atom is 0.225 e. The summed E-state index contributed by atoms with van der Waals surface area (Å²) in [5.74, 6) is 1.27. The molecule has 0 saturated carbocycles. The van der Waals surface area contributed by atoms with Gasteiger partial charge in [-0.25, -0.2) is 19.9 Å². The average Bonchev–Trinajstić information content (AvgIpc) is 2.49. The van der Waals surface area contributed by atoms with Gasteiger partial charge in [0.1, 0.15) is 6.33 Å². The minimum Gasteiger partial charge on any atom is -0.340 e. The summed E-state index contributed by atoms with van der Waals surface area (Å²) in [7, 11) is 0. The lowest BCUT2D eigenvalue weighted by atomic mass is 9.95. The van der Waals surface area contributed by atoms with Gasteiger partial charge in [0, 0.05) is 43.3 Å². The van der Waals surface area contributed by atoms with Crippen LogP contribution in [0.15, 0.2) is 37.1 Å². The van der Waals surface area contributed by atoms with E-state index in [2.05, 4.69) is 24.8 Å². The molecule has 0 spiro atoms. The second-order valence-corrected chi connectivity index (χ2v) is 4.47. The van der Waals surface area contributed by atoms with Crippen molar-refractivity contribution in [1.82, 2.24) is 19.9 Å². The third-order valence-electron chi connectivity index (χ3n) is 3.28. The summed E-state index contributed by atoms with van der Waals surface area (Å²) in [6.45, 7) is 1.95. The highest BCUT2D eigenvalue weighted by Crippen LogP contribution is 2.26. The lowest BCUT2D eigenvalue weighted by molar-refractivity contribution is 0.494. The van der Waals surface area contributed by atoms with Crippen molar-refractivity contribution in [2.24, 2.45) is 0 Å². The van der Waals surface area contributed by atoms with Crippen molar-refractivity contribution in [1.29, 1.82) is 0 Å². The molecule has 0 amide bonds. The van der Waals surface area contributed by atoms with Crippen LogP contribution in [0.5, 0.6) is 0 Å². The smallest absolute Gasteiger partial charge is 0.225 e. The highest BCUT2D eigenvalue weighted by molar-refractivity contribution is 5.31. The lowest BCUT2D eigenvalue weighted by Crippen LogP contribution is -2.35. The van der Waals surface area contributed by atoms with Crippen LogP contribution >= 0.6 is 0 Å². The van der Waals surface area contributed by atoms with Gasteiger partial charge in [0.15, 0.2) is 0 Å². The Morgan fingerprint density at radius 2 is 2.00 bits per heavy atom. The summed E-state index contributed by atoms with van der Waals surface area (Å²) in [5.41, 5.74) is 1.12. The van der Waals surface area contributed by atoms with Gasteiger partial charge < -0.3 is 4.90 Å². The first kappa shape index (κ1) is 11.1. The molecule has 0 aliphatic carbocycles. The molecule has 2 aromatic rings. The van der Waals surface area contributed by atoms with Gasteiger partial charge in [-0.2, -0.15) is 0 Å². The van der Waals surface area contributed by atoms with Crippen LogP contribution in [0.3, 0.4) is 0 Å². The van der Waals surface area contributed by atoms with Crippen LogP contribution in [-0.2, 0) is 0 Å². The van der Waals surface area contributed by atoms with Gasteiger partial charge in [0.2, 0.25) is 5.95 Å². The van der Waals surface area contributed by atoms with Gasteiger partial charge in [0.05, 0.1) is 0 Å². The molecule has 1 fully saturated rings. The predicted molar refractivity (Wildman–Crippen MR) is 68.3 cm³/mol. The van der Waals surface area contributed by atoms with Gasteiger partial charge in [-0.05, 0) is 25.0 Å². The molecule has 0 N–H and O–H groups in total. The molecule has 2 aromatic heterocycles.